The van der Waals surface area contributed by atoms with E-state index >= 15 is 0 Å². The summed E-state index contributed by atoms with van der Waals surface area (Å²) in [5, 5.41) is 22.2. The van der Waals surface area contributed by atoms with Crippen LogP contribution in [0.15, 0.2) is 180 Å². The summed E-state index contributed by atoms with van der Waals surface area (Å²) in [5.74, 6) is 0.254. The largest absolute Gasteiger partial charge is 0.490 e. The summed E-state index contributed by atoms with van der Waals surface area (Å²) < 4.78 is 37.1. The molecule has 0 bridgehead atoms. The number of hydrogen-bond acceptors (Lipinski definition) is 13. The monoisotopic (exact) mass is 1250 g/mol. The Balaban J connectivity index is 1.25. The number of nitro groups is 1. The smallest absolute Gasteiger partial charge is 0.343 e. The molecule has 6 aromatic carbocycles. The van der Waals surface area contributed by atoms with Crippen LogP contribution >= 0.6 is 0 Å². The summed E-state index contributed by atoms with van der Waals surface area (Å²) >= 11 is 0. The average molecular weight is 1250 g/mol. The molecule has 0 fully saturated rings. The number of azo groups is 1. The molecule has 0 aliphatic rings. The minimum Gasteiger partial charge on any atom is -0.490 e. The number of ether oxygens (including phenoxy) is 6. The Kier molecular flexibility index (Phi) is 32.1. The molecule has 0 unspecified atom stereocenters. The molecule has 0 radical (unpaired) electrons. The molecule has 0 aromatic heterocycles. The van der Waals surface area contributed by atoms with Crippen molar-refractivity contribution in [3.8, 4) is 56.8 Å². The Hall–Kier alpha value is -8.78. The van der Waals surface area contributed by atoms with Crippen molar-refractivity contribution in [3.63, 3.8) is 0 Å². The SMILES string of the molecule is CCCCC/C=C\C/C=C\COc1ccc(-c2ccc(C(=O)Oc3cc(N(C)C)c(O[C@H](C)CCCCCC)cc3N=Nc3cc(OC(=O)c4ccc(-c5ccc(OC/C=C\C/C=C\CCCCC)cc5)cc4)c([N+](=O)[O-])cc3O[C@H](C)CCCCCC)cc2)cc1. The van der Waals surface area contributed by atoms with E-state index in [9.17, 15) is 19.7 Å². The first-order valence-electron chi connectivity index (χ1n) is 33.4. The molecule has 0 heterocycles. The molecule has 0 amide bonds. The summed E-state index contributed by atoms with van der Waals surface area (Å²) in [6.07, 6.45) is 37.8. The van der Waals surface area contributed by atoms with Crippen molar-refractivity contribution in [1.29, 1.82) is 0 Å². The number of benzene rings is 6. The van der Waals surface area contributed by atoms with Gasteiger partial charge in [0.15, 0.2) is 11.5 Å². The van der Waals surface area contributed by atoms with E-state index in [0.29, 0.717) is 36.6 Å². The van der Waals surface area contributed by atoms with Crippen LogP contribution in [-0.4, -0.2) is 56.4 Å². The molecule has 6 aromatic rings. The van der Waals surface area contributed by atoms with E-state index in [1.165, 1.54) is 50.7 Å². The molecule has 0 spiro atoms. The van der Waals surface area contributed by atoms with Gasteiger partial charge in [0.05, 0.1) is 40.0 Å². The lowest BCUT2D eigenvalue weighted by Crippen LogP contribution is -2.16. The maximum atomic E-state index is 14.2. The summed E-state index contributed by atoms with van der Waals surface area (Å²) in [7, 11) is 3.74. The van der Waals surface area contributed by atoms with Gasteiger partial charge in [-0.1, -0.05) is 189 Å². The second kappa shape index (κ2) is 40.9. The number of nitrogens with zero attached hydrogens (tertiary/aromatic N) is 4. The fourth-order valence-corrected chi connectivity index (χ4v) is 10.1. The Labute approximate surface area is 547 Å². The van der Waals surface area contributed by atoms with Crippen LogP contribution in [0.25, 0.3) is 22.3 Å². The Morgan fingerprint density at radius 1 is 0.467 bits per heavy atom. The first kappa shape index (κ1) is 72.3. The van der Waals surface area contributed by atoms with Gasteiger partial charge in [0.1, 0.15) is 41.8 Å². The van der Waals surface area contributed by atoms with Gasteiger partial charge in [-0.25, -0.2) is 9.59 Å². The number of esters is 2. The van der Waals surface area contributed by atoms with Crippen molar-refractivity contribution in [2.24, 2.45) is 10.2 Å². The molecule has 0 N–H and O–H groups in total. The van der Waals surface area contributed by atoms with Gasteiger partial charge in [-0.2, -0.15) is 0 Å². The zero-order valence-electron chi connectivity index (χ0n) is 55.7. The number of carbonyl (C=O) groups is 2. The second-order valence-electron chi connectivity index (χ2n) is 23.4. The van der Waals surface area contributed by atoms with Gasteiger partial charge in [0, 0.05) is 32.3 Å². The average Bonchev–Trinajstić information content (AvgIpc) is 1.06. The van der Waals surface area contributed by atoms with Crippen molar-refractivity contribution in [3.05, 3.63) is 191 Å². The molecule has 14 heteroatoms. The van der Waals surface area contributed by atoms with Crippen LogP contribution in [0.2, 0.25) is 0 Å². The lowest BCUT2D eigenvalue weighted by Gasteiger charge is -2.23. The van der Waals surface area contributed by atoms with Crippen LogP contribution in [0.4, 0.5) is 22.7 Å². The number of unbranched alkanes of at least 4 members (excludes halogenated alkanes) is 12. The van der Waals surface area contributed by atoms with Crippen LogP contribution in [0.5, 0.6) is 34.5 Å². The summed E-state index contributed by atoms with van der Waals surface area (Å²) in [5.41, 5.74) is 4.34. The van der Waals surface area contributed by atoms with Gasteiger partial charge in [-0.05, 0) is 149 Å². The Morgan fingerprint density at radius 2 is 0.859 bits per heavy atom. The van der Waals surface area contributed by atoms with E-state index in [1.54, 1.807) is 48.5 Å². The molecule has 2 atom stereocenters. The van der Waals surface area contributed by atoms with Crippen molar-refractivity contribution in [2.75, 3.05) is 32.2 Å². The molecular formula is C78H98N4O10. The Morgan fingerprint density at radius 3 is 1.29 bits per heavy atom. The van der Waals surface area contributed by atoms with Crippen molar-refractivity contribution >= 4 is 34.7 Å². The molecule has 14 nitrogen and oxygen atoms in total. The van der Waals surface area contributed by atoms with E-state index in [0.717, 1.165) is 117 Å². The maximum absolute atomic E-state index is 14.2. The molecule has 490 valence electrons. The topological polar surface area (TPSA) is 161 Å². The zero-order chi connectivity index (χ0) is 65.7. The highest BCUT2D eigenvalue weighted by atomic mass is 16.6. The van der Waals surface area contributed by atoms with Gasteiger partial charge >= 0.3 is 17.6 Å². The number of hydrogen-bond donors (Lipinski definition) is 0. The fraction of sp³-hybridized carbons (Fsp3) is 0.410. The highest BCUT2D eigenvalue weighted by molar-refractivity contribution is 5.93. The Bertz CT molecular complexity index is 3330. The number of rotatable bonds is 42. The van der Waals surface area contributed by atoms with Gasteiger partial charge in [0.25, 0.3) is 0 Å². The highest BCUT2D eigenvalue weighted by Crippen LogP contribution is 2.45. The standard InChI is InChI=1S/C78H98N4O10/c1-9-13-17-21-23-25-27-29-33-53-87-67-49-45-63(46-50-67)61-37-41-65(42-38-61)77(83)91-74-57-71(81(7)8)75(90-60(6)36-32-20-16-12-4)55-70(74)80-79-69-56-76(72(82(85)86)58-73(69)89-59(5)35-31-19-15-11-3)92-78(84)66-43-39-62(40-44-66)64-47-51-68(52-48-64)88-54-34-30-28-26-24-22-18-14-10-2/h23-26,29-30,33-34,37-52,55-60H,9-22,27-28,31-32,35-36,53-54H2,1-8H3/b25-23-,26-24-,33-29-,34-30-,80-79?/t59-,60-/m1/s1. The third kappa shape index (κ3) is 25.1. The molecule has 92 heavy (non-hydrogen) atoms. The van der Waals surface area contributed by atoms with Crippen LogP contribution < -0.4 is 33.3 Å². The van der Waals surface area contributed by atoms with E-state index < -0.39 is 22.5 Å². The van der Waals surface area contributed by atoms with Crippen LogP contribution in [0.1, 0.15) is 191 Å². The van der Waals surface area contributed by atoms with E-state index in [-0.39, 0.29) is 46.4 Å². The van der Waals surface area contributed by atoms with Crippen LogP contribution in [0, 0.1) is 10.1 Å². The van der Waals surface area contributed by atoms with E-state index in [1.807, 2.05) is 106 Å². The first-order chi connectivity index (χ1) is 44.8. The van der Waals surface area contributed by atoms with Crippen molar-refractivity contribution < 1.29 is 42.9 Å². The van der Waals surface area contributed by atoms with E-state index in [2.05, 4.69) is 69.3 Å². The third-order valence-corrected chi connectivity index (χ3v) is 15.5. The van der Waals surface area contributed by atoms with Gasteiger partial charge < -0.3 is 33.3 Å². The third-order valence-electron chi connectivity index (χ3n) is 15.5. The minimum atomic E-state index is -0.824. The predicted molar refractivity (Wildman–Crippen MR) is 374 cm³/mol. The first-order valence-corrected chi connectivity index (χ1v) is 33.4. The second-order valence-corrected chi connectivity index (χ2v) is 23.4. The van der Waals surface area contributed by atoms with Gasteiger partial charge in [-0.15, -0.1) is 10.2 Å². The predicted octanol–water partition coefficient (Wildman–Crippen LogP) is 22.2. The number of nitro benzene ring substituents is 1. The quantitative estimate of drug-likeness (QED) is 0.00682. The van der Waals surface area contributed by atoms with Crippen molar-refractivity contribution in [1.82, 2.24) is 0 Å². The minimum absolute atomic E-state index is 0.0344. The summed E-state index contributed by atoms with van der Waals surface area (Å²) in [6, 6.07) is 35.3. The molecular weight excluding hydrogens is 1150 g/mol. The van der Waals surface area contributed by atoms with Crippen LogP contribution in [0.3, 0.4) is 0 Å². The molecule has 6 rings (SSSR count). The molecule has 0 aliphatic heterocycles. The summed E-state index contributed by atoms with van der Waals surface area (Å²) in [6.45, 7) is 13.6. The molecule has 0 saturated heterocycles. The van der Waals surface area contributed by atoms with Gasteiger partial charge in [-0.3, -0.25) is 10.1 Å². The number of anilines is 1. The number of carbonyl (C=O) groups excluding carboxylic acids is 2. The van der Waals surface area contributed by atoms with Crippen molar-refractivity contribution in [2.45, 2.75) is 182 Å². The molecule has 0 aliphatic carbocycles. The highest BCUT2D eigenvalue weighted by Gasteiger charge is 2.26. The normalized spacial score (nSPS) is 12.3. The maximum Gasteiger partial charge on any atom is 0.343 e. The molecule has 0 saturated carbocycles. The lowest BCUT2D eigenvalue weighted by molar-refractivity contribution is -0.385. The fourth-order valence-electron chi connectivity index (χ4n) is 10.1. The number of allylic oxidation sites excluding steroid dienone is 6. The van der Waals surface area contributed by atoms with E-state index in [4.69, 9.17) is 33.5 Å². The summed E-state index contributed by atoms with van der Waals surface area (Å²) in [4.78, 5) is 42.3. The van der Waals surface area contributed by atoms with Gasteiger partial charge in [0.2, 0.25) is 5.75 Å². The lowest BCUT2D eigenvalue weighted by atomic mass is 10.0. The van der Waals surface area contributed by atoms with Crippen LogP contribution in [-0.2, 0) is 0 Å². The zero-order valence-corrected chi connectivity index (χ0v) is 55.7.